The zero-order chi connectivity index (χ0) is 18.8. The first-order chi connectivity index (χ1) is 12.6. The highest BCUT2D eigenvalue weighted by atomic mass is 127. The van der Waals surface area contributed by atoms with Crippen LogP contribution in [-0.2, 0) is 17.9 Å². The number of hydrogen-bond donors (Lipinski definition) is 2. The number of halogens is 1. The lowest BCUT2D eigenvalue weighted by Gasteiger charge is -2.19. The van der Waals surface area contributed by atoms with Gasteiger partial charge in [-0.05, 0) is 36.6 Å². The number of ether oxygens (including phenoxy) is 2. The molecular formula is C21H30IN3O2. The number of nitrogens with zero attached hydrogens (tertiary/aromatic N) is 1. The molecule has 0 spiro atoms. The van der Waals surface area contributed by atoms with Gasteiger partial charge in [0, 0.05) is 20.7 Å². The standard InChI is InChI=1S/C21H29N3O2.HI/c1-16-9-5-8-12-20(16)26-17(2)13-23-21(22-3)24-14-18-10-6-7-11-19(18)15-25-4;/h5-12,17H,13-15H2,1-4H3,(H2,22,23,24);1H. The number of rotatable bonds is 8. The van der Waals surface area contributed by atoms with Gasteiger partial charge >= 0.3 is 0 Å². The van der Waals surface area contributed by atoms with Crippen molar-refractivity contribution >= 4 is 29.9 Å². The normalized spacial score (nSPS) is 12.1. The number of para-hydroxylation sites is 1. The predicted octanol–water partition coefficient (Wildman–Crippen LogP) is 3.89. The molecule has 0 heterocycles. The summed E-state index contributed by atoms with van der Waals surface area (Å²) >= 11 is 0. The quantitative estimate of drug-likeness (QED) is 0.340. The molecule has 1 atom stereocenters. The number of methoxy groups -OCH3 is 1. The van der Waals surface area contributed by atoms with Gasteiger partial charge in [0.25, 0.3) is 0 Å². The summed E-state index contributed by atoms with van der Waals surface area (Å²) < 4.78 is 11.2. The van der Waals surface area contributed by atoms with Gasteiger partial charge in [0.1, 0.15) is 11.9 Å². The van der Waals surface area contributed by atoms with Crippen molar-refractivity contribution in [3.63, 3.8) is 0 Å². The Balaban J connectivity index is 0.00000364. The first-order valence-corrected chi connectivity index (χ1v) is 8.86. The molecule has 0 amide bonds. The third-order valence-electron chi connectivity index (χ3n) is 4.07. The lowest BCUT2D eigenvalue weighted by atomic mass is 10.1. The van der Waals surface area contributed by atoms with E-state index >= 15 is 0 Å². The van der Waals surface area contributed by atoms with Crippen LogP contribution in [0.4, 0.5) is 0 Å². The average Bonchev–Trinajstić information content (AvgIpc) is 2.65. The lowest BCUT2D eigenvalue weighted by molar-refractivity contribution is 0.184. The first kappa shape index (κ1) is 23.2. The molecule has 27 heavy (non-hydrogen) atoms. The number of hydrogen-bond acceptors (Lipinski definition) is 3. The van der Waals surface area contributed by atoms with Crippen molar-refractivity contribution in [3.05, 3.63) is 65.2 Å². The monoisotopic (exact) mass is 483 g/mol. The first-order valence-electron chi connectivity index (χ1n) is 8.86. The molecule has 2 aromatic rings. The van der Waals surface area contributed by atoms with Crippen LogP contribution in [0.5, 0.6) is 5.75 Å². The molecule has 1 unspecified atom stereocenters. The molecular weight excluding hydrogens is 453 g/mol. The van der Waals surface area contributed by atoms with Crippen LogP contribution in [0, 0.1) is 6.92 Å². The lowest BCUT2D eigenvalue weighted by Crippen LogP contribution is -2.41. The molecule has 0 aliphatic heterocycles. The van der Waals surface area contributed by atoms with E-state index in [0.29, 0.717) is 19.7 Å². The maximum absolute atomic E-state index is 5.99. The third-order valence-corrected chi connectivity index (χ3v) is 4.07. The number of benzene rings is 2. The van der Waals surface area contributed by atoms with E-state index in [2.05, 4.69) is 27.8 Å². The zero-order valence-electron chi connectivity index (χ0n) is 16.5. The summed E-state index contributed by atoms with van der Waals surface area (Å²) in [6.45, 7) is 6.04. The van der Waals surface area contributed by atoms with E-state index in [0.717, 1.165) is 17.3 Å². The van der Waals surface area contributed by atoms with Crippen LogP contribution < -0.4 is 15.4 Å². The minimum Gasteiger partial charge on any atom is -0.489 e. The summed E-state index contributed by atoms with van der Waals surface area (Å²) in [7, 11) is 3.48. The molecule has 0 radical (unpaired) electrons. The van der Waals surface area contributed by atoms with E-state index in [1.54, 1.807) is 14.2 Å². The van der Waals surface area contributed by atoms with Crippen LogP contribution in [0.1, 0.15) is 23.6 Å². The van der Waals surface area contributed by atoms with Gasteiger partial charge in [0.05, 0.1) is 13.2 Å². The molecule has 6 heteroatoms. The van der Waals surface area contributed by atoms with E-state index in [-0.39, 0.29) is 30.1 Å². The van der Waals surface area contributed by atoms with Crippen molar-refractivity contribution in [1.29, 1.82) is 0 Å². The summed E-state index contributed by atoms with van der Waals surface area (Å²) in [4.78, 5) is 4.28. The highest BCUT2D eigenvalue weighted by Gasteiger charge is 2.08. The van der Waals surface area contributed by atoms with Gasteiger partial charge in [-0.3, -0.25) is 4.99 Å². The highest BCUT2D eigenvalue weighted by Crippen LogP contribution is 2.17. The Morgan fingerprint density at radius 1 is 1.04 bits per heavy atom. The SMILES string of the molecule is CN=C(NCc1ccccc1COC)NCC(C)Oc1ccccc1C.I. The van der Waals surface area contributed by atoms with E-state index in [1.165, 1.54) is 11.1 Å². The Labute approximate surface area is 179 Å². The molecule has 2 N–H and O–H groups in total. The molecule has 148 valence electrons. The fraction of sp³-hybridized carbons (Fsp3) is 0.381. The van der Waals surface area contributed by atoms with Crippen LogP contribution in [-0.4, -0.2) is 32.8 Å². The van der Waals surface area contributed by atoms with Crippen LogP contribution in [0.25, 0.3) is 0 Å². The van der Waals surface area contributed by atoms with E-state index in [9.17, 15) is 0 Å². The molecule has 0 saturated heterocycles. The molecule has 0 fully saturated rings. The van der Waals surface area contributed by atoms with Crippen molar-refractivity contribution < 1.29 is 9.47 Å². The van der Waals surface area contributed by atoms with E-state index in [4.69, 9.17) is 9.47 Å². The number of aryl methyl sites for hydroxylation is 1. The second-order valence-corrected chi connectivity index (χ2v) is 6.20. The Hall–Kier alpha value is -1.80. The molecule has 2 rings (SSSR count). The number of nitrogens with one attached hydrogen (secondary N) is 2. The maximum atomic E-state index is 5.99. The molecule has 0 aromatic heterocycles. The van der Waals surface area contributed by atoms with Crippen LogP contribution >= 0.6 is 24.0 Å². The van der Waals surface area contributed by atoms with Crippen LogP contribution in [0.2, 0.25) is 0 Å². The number of aliphatic imine (C=N–C) groups is 1. The summed E-state index contributed by atoms with van der Waals surface area (Å²) in [6.07, 6.45) is 0.0235. The molecule has 2 aromatic carbocycles. The summed E-state index contributed by atoms with van der Waals surface area (Å²) in [5.74, 6) is 1.66. The van der Waals surface area contributed by atoms with Gasteiger partial charge in [-0.1, -0.05) is 42.5 Å². The van der Waals surface area contributed by atoms with Crippen molar-refractivity contribution in [3.8, 4) is 5.75 Å². The fourth-order valence-electron chi connectivity index (χ4n) is 2.61. The molecule has 0 aliphatic carbocycles. The van der Waals surface area contributed by atoms with Crippen molar-refractivity contribution in [2.75, 3.05) is 20.7 Å². The van der Waals surface area contributed by atoms with Gasteiger partial charge in [-0.25, -0.2) is 0 Å². The van der Waals surface area contributed by atoms with Gasteiger partial charge < -0.3 is 20.1 Å². The molecule has 0 bridgehead atoms. The van der Waals surface area contributed by atoms with Crippen molar-refractivity contribution in [2.24, 2.45) is 4.99 Å². The van der Waals surface area contributed by atoms with Gasteiger partial charge in [0.15, 0.2) is 5.96 Å². The topological polar surface area (TPSA) is 54.9 Å². The minimum atomic E-state index is 0. The van der Waals surface area contributed by atoms with Crippen LogP contribution in [0.15, 0.2) is 53.5 Å². The van der Waals surface area contributed by atoms with Gasteiger partial charge in [0.2, 0.25) is 0 Å². The second kappa shape index (κ2) is 12.6. The fourth-order valence-corrected chi connectivity index (χ4v) is 2.61. The zero-order valence-corrected chi connectivity index (χ0v) is 18.8. The van der Waals surface area contributed by atoms with Crippen LogP contribution in [0.3, 0.4) is 0 Å². The van der Waals surface area contributed by atoms with Gasteiger partial charge in [-0.2, -0.15) is 0 Å². The highest BCUT2D eigenvalue weighted by molar-refractivity contribution is 14.0. The third kappa shape index (κ3) is 7.76. The van der Waals surface area contributed by atoms with E-state index < -0.39 is 0 Å². The smallest absolute Gasteiger partial charge is 0.191 e. The largest absolute Gasteiger partial charge is 0.489 e. The van der Waals surface area contributed by atoms with Crippen molar-refractivity contribution in [1.82, 2.24) is 10.6 Å². The average molecular weight is 483 g/mol. The predicted molar refractivity (Wildman–Crippen MR) is 122 cm³/mol. The summed E-state index contributed by atoms with van der Waals surface area (Å²) in [5.41, 5.74) is 3.51. The molecule has 0 aliphatic rings. The summed E-state index contributed by atoms with van der Waals surface area (Å²) in [6, 6.07) is 16.3. The van der Waals surface area contributed by atoms with Crippen molar-refractivity contribution in [2.45, 2.75) is 33.1 Å². The Bertz CT molecular complexity index is 722. The van der Waals surface area contributed by atoms with E-state index in [1.807, 2.05) is 50.2 Å². The Morgan fingerprint density at radius 2 is 1.70 bits per heavy atom. The Kier molecular flexibility index (Phi) is 10.8. The maximum Gasteiger partial charge on any atom is 0.191 e. The minimum absolute atomic E-state index is 0. The molecule has 0 saturated carbocycles. The molecule has 5 nitrogen and oxygen atoms in total. The summed E-state index contributed by atoms with van der Waals surface area (Å²) in [5, 5.41) is 6.66. The second-order valence-electron chi connectivity index (χ2n) is 6.20. The van der Waals surface area contributed by atoms with Gasteiger partial charge in [-0.15, -0.1) is 24.0 Å². The Morgan fingerprint density at radius 3 is 2.37 bits per heavy atom. The number of guanidine groups is 1.